The molecule has 0 bridgehead atoms. The molecule has 1 aliphatic carbocycles. The van der Waals surface area contributed by atoms with E-state index in [1.165, 1.54) is 47.6 Å². The maximum Gasteiger partial charge on any atom is 0.254 e. The number of nitrogens with zero attached hydrogens (tertiary/aromatic N) is 2. The van der Waals surface area contributed by atoms with Crippen LogP contribution >= 0.6 is 11.3 Å². The third-order valence-electron chi connectivity index (χ3n) is 6.71. The Balaban J connectivity index is 1.53. The summed E-state index contributed by atoms with van der Waals surface area (Å²) in [4.78, 5) is 31.8. The number of rotatable bonds is 6. The highest BCUT2D eigenvalue weighted by Gasteiger charge is 2.43. The fourth-order valence-corrected chi connectivity index (χ4v) is 5.84. The van der Waals surface area contributed by atoms with Gasteiger partial charge in [0.25, 0.3) is 5.91 Å². The monoisotopic (exact) mass is 462 g/mol. The lowest BCUT2D eigenvalue weighted by molar-refractivity contribution is -0.124. The van der Waals surface area contributed by atoms with Gasteiger partial charge in [0.15, 0.2) is 0 Å². The second-order valence-electron chi connectivity index (χ2n) is 8.91. The van der Waals surface area contributed by atoms with Crippen molar-refractivity contribution in [3.63, 3.8) is 0 Å². The van der Waals surface area contributed by atoms with Crippen molar-refractivity contribution in [1.29, 1.82) is 0 Å². The molecule has 0 saturated heterocycles. The molecule has 0 spiro atoms. The summed E-state index contributed by atoms with van der Waals surface area (Å²) in [5.74, 6) is -0.278. The highest BCUT2D eigenvalue weighted by atomic mass is 32.1. The van der Waals surface area contributed by atoms with E-state index in [2.05, 4.69) is 0 Å². The van der Waals surface area contributed by atoms with Crippen LogP contribution in [0.1, 0.15) is 48.6 Å². The number of carbonyl (C=O) groups is 2. The minimum atomic E-state index is -0.793. The fraction of sp³-hybridized carbons (Fsp3) is 0.333. The summed E-state index contributed by atoms with van der Waals surface area (Å²) in [6.45, 7) is 0.669. The summed E-state index contributed by atoms with van der Waals surface area (Å²) in [5.41, 5.74) is 2.08. The third-order valence-corrected chi connectivity index (χ3v) is 7.58. The number of hydrogen-bond acceptors (Lipinski definition) is 3. The number of amides is 2. The maximum atomic E-state index is 14.2. The Bertz CT molecular complexity index is 1140. The molecule has 0 N–H and O–H groups in total. The molecule has 1 atom stereocenters. The van der Waals surface area contributed by atoms with Crippen LogP contribution in [0.4, 0.5) is 15.8 Å². The van der Waals surface area contributed by atoms with Gasteiger partial charge in [0.1, 0.15) is 11.9 Å². The Kier molecular flexibility index (Phi) is 6.27. The van der Waals surface area contributed by atoms with E-state index in [1.54, 1.807) is 12.1 Å². The lowest BCUT2D eigenvalue weighted by Gasteiger charge is -2.30. The zero-order chi connectivity index (χ0) is 22.8. The minimum absolute atomic E-state index is 0.106. The van der Waals surface area contributed by atoms with Gasteiger partial charge >= 0.3 is 0 Å². The number of anilines is 2. The van der Waals surface area contributed by atoms with Gasteiger partial charge < -0.3 is 4.90 Å². The molecule has 33 heavy (non-hydrogen) atoms. The first-order chi connectivity index (χ1) is 16.1. The number of para-hydroxylation sites is 1. The van der Waals surface area contributed by atoms with Gasteiger partial charge in [0.05, 0.1) is 6.42 Å². The summed E-state index contributed by atoms with van der Waals surface area (Å²) in [6, 6.07) is 16.7. The van der Waals surface area contributed by atoms with Gasteiger partial charge in [-0.05, 0) is 54.5 Å². The topological polar surface area (TPSA) is 40.6 Å². The van der Waals surface area contributed by atoms with E-state index in [0.29, 0.717) is 18.2 Å². The average molecular weight is 463 g/mol. The largest absolute Gasteiger partial charge is 0.310 e. The third kappa shape index (κ3) is 4.44. The highest BCUT2D eigenvalue weighted by Crippen LogP contribution is 2.42. The van der Waals surface area contributed by atoms with E-state index in [-0.39, 0.29) is 18.2 Å². The molecule has 2 heterocycles. The van der Waals surface area contributed by atoms with E-state index < -0.39 is 11.9 Å². The predicted octanol–water partition coefficient (Wildman–Crippen LogP) is 6.13. The Morgan fingerprint density at radius 1 is 1.03 bits per heavy atom. The Labute approximate surface area is 197 Å². The molecule has 3 aromatic rings. The van der Waals surface area contributed by atoms with E-state index in [4.69, 9.17) is 0 Å². The molecule has 1 fully saturated rings. The van der Waals surface area contributed by atoms with Crippen LogP contribution in [0.15, 0.2) is 66.0 Å². The van der Waals surface area contributed by atoms with Crippen molar-refractivity contribution in [2.75, 3.05) is 16.3 Å². The minimum Gasteiger partial charge on any atom is -0.310 e. The van der Waals surface area contributed by atoms with Gasteiger partial charge in [-0.1, -0.05) is 49.6 Å². The molecule has 2 aliphatic rings. The molecule has 0 radical (unpaired) electrons. The van der Waals surface area contributed by atoms with E-state index >= 15 is 0 Å². The van der Waals surface area contributed by atoms with Crippen LogP contribution in [0.5, 0.6) is 0 Å². The summed E-state index contributed by atoms with van der Waals surface area (Å²) in [5, 5.41) is 1.93. The lowest BCUT2D eigenvalue weighted by Crippen LogP contribution is -2.43. The molecule has 1 saturated carbocycles. The van der Waals surface area contributed by atoms with Crippen LogP contribution in [0, 0.1) is 11.7 Å². The SMILES string of the molecule is O=C1C(N(C(=O)Cc2cccs2)c2cccc(F)c2)c2ccccc2N1CC1CCCCC1. The van der Waals surface area contributed by atoms with Crippen LogP contribution in [0.3, 0.4) is 0 Å². The standard InChI is InChI=1S/C27H27FN2O2S/c28-20-10-6-11-21(16-20)30(25(31)17-22-12-7-15-33-22)26-23-13-4-5-14-24(23)29(27(26)32)18-19-8-2-1-3-9-19/h4-7,10-16,19,26H,1-3,8-9,17-18H2. The van der Waals surface area contributed by atoms with Gasteiger partial charge in [0.2, 0.25) is 5.91 Å². The van der Waals surface area contributed by atoms with Gasteiger partial charge in [-0.15, -0.1) is 11.3 Å². The van der Waals surface area contributed by atoms with Gasteiger partial charge in [-0.2, -0.15) is 0 Å². The van der Waals surface area contributed by atoms with Crippen LogP contribution in [0.25, 0.3) is 0 Å². The Morgan fingerprint density at radius 2 is 1.85 bits per heavy atom. The molecule has 2 amide bonds. The van der Waals surface area contributed by atoms with Gasteiger partial charge in [0, 0.05) is 28.4 Å². The molecule has 1 unspecified atom stereocenters. The van der Waals surface area contributed by atoms with E-state index in [0.717, 1.165) is 29.0 Å². The number of benzene rings is 2. The molecule has 5 rings (SSSR count). The van der Waals surface area contributed by atoms with E-state index in [9.17, 15) is 14.0 Å². The van der Waals surface area contributed by atoms with Crippen molar-refractivity contribution in [1.82, 2.24) is 0 Å². The first kappa shape index (κ1) is 21.8. The highest BCUT2D eigenvalue weighted by molar-refractivity contribution is 7.10. The lowest BCUT2D eigenvalue weighted by atomic mass is 9.89. The first-order valence-corrected chi connectivity index (χ1v) is 12.5. The second kappa shape index (κ2) is 9.48. The molecule has 170 valence electrons. The van der Waals surface area contributed by atoms with E-state index in [1.807, 2.05) is 46.7 Å². The Hall–Kier alpha value is -2.99. The fourth-order valence-electron chi connectivity index (χ4n) is 5.14. The number of halogens is 1. The maximum absolute atomic E-state index is 14.2. The predicted molar refractivity (Wildman–Crippen MR) is 130 cm³/mol. The molecule has 4 nitrogen and oxygen atoms in total. The number of thiophene rings is 1. The number of hydrogen-bond donors (Lipinski definition) is 0. The summed E-state index contributed by atoms with van der Waals surface area (Å²) in [7, 11) is 0. The second-order valence-corrected chi connectivity index (χ2v) is 9.95. The summed E-state index contributed by atoms with van der Waals surface area (Å²) >= 11 is 1.50. The molecule has 6 heteroatoms. The van der Waals surface area contributed by atoms with Gasteiger partial charge in [-0.25, -0.2) is 4.39 Å². The van der Waals surface area contributed by atoms with Crippen molar-refractivity contribution in [3.8, 4) is 0 Å². The van der Waals surface area contributed by atoms with Crippen molar-refractivity contribution in [2.45, 2.75) is 44.6 Å². The molecule has 2 aromatic carbocycles. The smallest absolute Gasteiger partial charge is 0.254 e. The van der Waals surface area contributed by atoms with Crippen LogP contribution in [0.2, 0.25) is 0 Å². The quantitative estimate of drug-likeness (QED) is 0.442. The molecular weight excluding hydrogens is 435 g/mol. The Morgan fingerprint density at radius 3 is 2.61 bits per heavy atom. The van der Waals surface area contributed by atoms with Gasteiger partial charge in [-0.3, -0.25) is 14.5 Å². The summed E-state index contributed by atoms with van der Waals surface area (Å²) in [6.07, 6.45) is 6.08. The van der Waals surface area contributed by atoms with Crippen LogP contribution in [-0.4, -0.2) is 18.4 Å². The number of fused-ring (bicyclic) bond motifs is 1. The van der Waals surface area contributed by atoms with Crippen LogP contribution in [-0.2, 0) is 16.0 Å². The van der Waals surface area contributed by atoms with Crippen molar-refractivity contribution in [2.24, 2.45) is 5.92 Å². The summed E-state index contributed by atoms with van der Waals surface area (Å²) < 4.78 is 14.2. The molecule has 1 aromatic heterocycles. The van der Waals surface area contributed by atoms with Crippen molar-refractivity contribution in [3.05, 3.63) is 82.3 Å². The first-order valence-electron chi connectivity index (χ1n) is 11.6. The zero-order valence-corrected chi connectivity index (χ0v) is 19.3. The number of carbonyl (C=O) groups excluding carboxylic acids is 2. The zero-order valence-electron chi connectivity index (χ0n) is 18.5. The molecule has 1 aliphatic heterocycles. The van der Waals surface area contributed by atoms with Crippen molar-refractivity contribution < 1.29 is 14.0 Å². The van der Waals surface area contributed by atoms with Crippen molar-refractivity contribution >= 4 is 34.5 Å². The molecular formula is C27H27FN2O2S. The van der Waals surface area contributed by atoms with Crippen LogP contribution < -0.4 is 9.80 Å². The average Bonchev–Trinajstić information content (AvgIpc) is 3.43. The normalized spacial score (nSPS) is 18.4.